The molecule has 0 aliphatic carbocycles. The maximum atomic E-state index is 12.4. The van der Waals surface area contributed by atoms with Gasteiger partial charge in [0.2, 0.25) is 5.91 Å². The molecule has 2 heterocycles. The number of anilines is 1. The summed E-state index contributed by atoms with van der Waals surface area (Å²) >= 11 is 0. The van der Waals surface area contributed by atoms with Crippen LogP contribution in [0.1, 0.15) is 42.6 Å². The first-order valence-corrected chi connectivity index (χ1v) is 7.28. The third kappa shape index (κ3) is 2.14. The Bertz CT molecular complexity index is 562. The number of ketones is 1. The van der Waals surface area contributed by atoms with Gasteiger partial charge in [0.1, 0.15) is 0 Å². The lowest BCUT2D eigenvalue weighted by Gasteiger charge is -2.20. The van der Waals surface area contributed by atoms with E-state index in [0.29, 0.717) is 0 Å². The summed E-state index contributed by atoms with van der Waals surface area (Å²) in [7, 11) is 0. The minimum Gasteiger partial charge on any atom is -0.309 e. The van der Waals surface area contributed by atoms with E-state index in [-0.39, 0.29) is 23.8 Å². The number of carbonyl (C=O) groups is 2. The van der Waals surface area contributed by atoms with Gasteiger partial charge >= 0.3 is 0 Å². The SMILES string of the molecule is CC(=O)N1c2ccc(C(=O)C3CCCN3)cc2CC1C. The quantitative estimate of drug-likeness (QED) is 0.837. The maximum absolute atomic E-state index is 12.4. The molecule has 0 bridgehead atoms. The summed E-state index contributed by atoms with van der Waals surface area (Å²) < 4.78 is 0. The van der Waals surface area contributed by atoms with Crippen LogP contribution in [0.25, 0.3) is 0 Å². The number of amides is 1. The standard InChI is InChI=1S/C16H20N2O2/c1-10-8-13-9-12(16(20)14-4-3-7-17-14)5-6-15(13)18(10)11(2)19/h5-6,9-10,14,17H,3-4,7-8H2,1-2H3. The molecular weight excluding hydrogens is 252 g/mol. The predicted molar refractivity (Wildman–Crippen MR) is 78.1 cm³/mol. The zero-order valence-electron chi connectivity index (χ0n) is 12.0. The number of hydrogen-bond acceptors (Lipinski definition) is 3. The van der Waals surface area contributed by atoms with Crippen molar-refractivity contribution < 1.29 is 9.59 Å². The molecule has 1 fully saturated rings. The Labute approximate surface area is 119 Å². The van der Waals surface area contributed by atoms with Crippen molar-refractivity contribution in [3.05, 3.63) is 29.3 Å². The molecule has 106 valence electrons. The molecule has 1 aromatic rings. The van der Waals surface area contributed by atoms with E-state index >= 15 is 0 Å². The summed E-state index contributed by atoms with van der Waals surface area (Å²) in [5.74, 6) is 0.243. The van der Waals surface area contributed by atoms with E-state index < -0.39 is 0 Å². The first-order valence-electron chi connectivity index (χ1n) is 7.28. The van der Waals surface area contributed by atoms with Gasteiger partial charge in [-0.25, -0.2) is 0 Å². The third-order valence-electron chi connectivity index (χ3n) is 4.30. The maximum Gasteiger partial charge on any atom is 0.224 e. The largest absolute Gasteiger partial charge is 0.309 e. The van der Waals surface area contributed by atoms with Gasteiger partial charge < -0.3 is 10.2 Å². The van der Waals surface area contributed by atoms with Gasteiger partial charge in [-0.1, -0.05) is 0 Å². The molecule has 0 radical (unpaired) electrons. The smallest absolute Gasteiger partial charge is 0.224 e. The molecule has 2 aliphatic heterocycles. The Balaban J connectivity index is 1.89. The van der Waals surface area contributed by atoms with Crippen LogP contribution in [-0.2, 0) is 11.2 Å². The monoisotopic (exact) mass is 272 g/mol. The minimum atomic E-state index is -0.0317. The van der Waals surface area contributed by atoms with E-state index in [2.05, 4.69) is 5.32 Å². The first kappa shape index (κ1) is 13.3. The van der Waals surface area contributed by atoms with Crippen molar-refractivity contribution in [2.24, 2.45) is 0 Å². The number of carbonyl (C=O) groups excluding carboxylic acids is 2. The van der Waals surface area contributed by atoms with Gasteiger partial charge in [0.25, 0.3) is 0 Å². The van der Waals surface area contributed by atoms with E-state index in [1.807, 2.05) is 30.0 Å². The Kier molecular flexibility index (Phi) is 3.34. The van der Waals surface area contributed by atoms with E-state index in [1.54, 1.807) is 6.92 Å². The zero-order valence-corrected chi connectivity index (χ0v) is 12.0. The number of hydrogen-bond donors (Lipinski definition) is 1. The molecule has 1 saturated heterocycles. The second kappa shape index (κ2) is 5.02. The van der Waals surface area contributed by atoms with Crippen molar-refractivity contribution in [1.82, 2.24) is 5.32 Å². The number of nitrogens with zero attached hydrogens (tertiary/aromatic N) is 1. The number of nitrogens with one attached hydrogen (secondary N) is 1. The molecule has 0 spiro atoms. The highest BCUT2D eigenvalue weighted by atomic mass is 16.2. The van der Waals surface area contributed by atoms with Crippen LogP contribution in [0.5, 0.6) is 0 Å². The normalized spacial score (nSPS) is 24.8. The average Bonchev–Trinajstić information content (AvgIpc) is 3.02. The Morgan fingerprint density at radius 3 is 2.80 bits per heavy atom. The van der Waals surface area contributed by atoms with Crippen LogP contribution < -0.4 is 10.2 Å². The Hall–Kier alpha value is -1.68. The third-order valence-corrected chi connectivity index (χ3v) is 4.30. The number of benzene rings is 1. The highest BCUT2D eigenvalue weighted by Crippen LogP contribution is 2.33. The number of Topliss-reactive ketones (excluding diaryl/α,β-unsaturated/α-hetero) is 1. The summed E-state index contributed by atoms with van der Waals surface area (Å²) in [6.07, 6.45) is 2.82. The molecule has 20 heavy (non-hydrogen) atoms. The van der Waals surface area contributed by atoms with Gasteiger partial charge in [-0.05, 0) is 56.5 Å². The number of rotatable bonds is 2. The molecule has 0 saturated carbocycles. The van der Waals surface area contributed by atoms with Gasteiger partial charge in [-0.3, -0.25) is 9.59 Å². The fourth-order valence-corrected chi connectivity index (χ4v) is 3.37. The van der Waals surface area contributed by atoms with Crippen molar-refractivity contribution in [3.63, 3.8) is 0 Å². The molecule has 2 atom stereocenters. The molecule has 3 rings (SSSR count). The second-order valence-corrected chi connectivity index (χ2v) is 5.80. The molecule has 4 nitrogen and oxygen atoms in total. The van der Waals surface area contributed by atoms with Gasteiger partial charge in [0, 0.05) is 24.2 Å². The van der Waals surface area contributed by atoms with Crippen molar-refractivity contribution in [2.45, 2.75) is 45.2 Å². The van der Waals surface area contributed by atoms with E-state index in [0.717, 1.165) is 42.6 Å². The fourth-order valence-electron chi connectivity index (χ4n) is 3.37. The lowest BCUT2D eigenvalue weighted by Crippen LogP contribution is -2.33. The predicted octanol–water partition coefficient (Wildman–Crippen LogP) is 1.92. The summed E-state index contributed by atoms with van der Waals surface area (Å²) in [4.78, 5) is 25.9. The van der Waals surface area contributed by atoms with Gasteiger partial charge in [-0.2, -0.15) is 0 Å². The highest BCUT2D eigenvalue weighted by molar-refractivity contribution is 6.02. The molecule has 1 N–H and O–H groups in total. The Morgan fingerprint density at radius 1 is 1.35 bits per heavy atom. The van der Waals surface area contributed by atoms with Crippen LogP contribution in [0.3, 0.4) is 0 Å². The van der Waals surface area contributed by atoms with Crippen molar-refractivity contribution in [2.75, 3.05) is 11.4 Å². The summed E-state index contributed by atoms with van der Waals surface area (Å²) in [5, 5.41) is 3.24. The van der Waals surface area contributed by atoms with Crippen LogP contribution in [0.4, 0.5) is 5.69 Å². The first-order chi connectivity index (χ1) is 9.58. The average molecular weight is 272 g/mol. The Morgan fingerprint density at radius 2 is 2.15 bits per heavy atom. The second-order valence-electron chi connectivity index (χ2n) is 5.80. The van der Waals surface area contributed by atoms with Crippen LogP contribution in [0.2, 0.25) is 0 Å². The highest BCUT2D eigenvalue weighted by Gasteiger charge is 2.30. The molecule has 4 heteroatoms. The van der Waals surface area contributed by atoms with E-state index in [4.69, 9.17) is 0 Å². The topological polar surface area (TPSA) is 49.4 Å². The lowest BCUT2D eigenvalue weighted by molar-refractivity contribution is -0.116. The van der Waals surface area contributed by atoms with E-state index in [9.17, 15) is 9.59 Å². The lowest BCUT2D eigenvalue weighted by atomic mass is 9.99. The van der Waals surface area contributed by atoms with Gasteiger partial charge in [-0.15, -0.1) is 0 Å². The van der Waals surface area contributed by atoms with Crippen molar-refractivity contribution in [3.8, 4) is 0 Å². The van der Waals surface area contributed by atoms with Crippen LogP contribution >= 0.6 is 0 Å². The molecule has 1 amide bonds. The van der Waals surface area contributed by atoms with Crippen LogP contribution in [0, 0.1) is 0 Å². The van der Waals surface area contributed by atoms with Gasteiger partial charge in [0.15, 0.2) is 5.78 Å². The molecule has 0 aromatic heterocycles. The van der Waals surface area contributed by atoms with Crippen molar-refractivity contribution in [1.29, 1.82) is 0 Å². The molecule has 2 aliphatic rings. The fraction of sp³-hybridized carbons (Fsp3) is 0.500. The van der Waals surface area contributed by atoms with E-state index in [1.165, 1.54) is 0 Å². The number of fused-ring (bicyclic) bond motifs is 1. The minimum absolute atomic E-state index is 0.0317. The van der Waals surface area contributed by atoms with Crippen molar-refractivity contribution >= 4 is 17.4 Å². The van der Waals surface area contributed by atoms with Crippen LogP contribution in [-0.4, -0.2) is 30.3 Å². The van der Waals surface area contributed by atoms with Crippen LogP contribution in [0.15, 0.2) is 18.2 Å². The molecule has 2 unspecified atom stereocenters. The molecule has 1 aromatic carbocycles. The summed E-state index contributed by atoms with van der Waals surface area (Å²) in [6, 6.07) is 5.89. The van der Waals surface area contributed by atoms with Gasteiger partial charge in [0.05, 0.1) is 6.04 Å². The zero-order chi connectivity index (χ0) is 14.3. The molecular formula is C16H20N2O2. The summed E-state index contributed by atoms with van der Waals surface area (Å²) in [6.45, 7) is 4.56. The summed E-state index contributed by atoms with van der Waals surface area (Å²) in [5.41, 5.74) is 2.83.